The number of amides is 3. The molecule has 1 aromatic carbocycles. The van der Waals surface area contributed by atoms with Crippen LogP contribution in [0.25, 0.3) is 0 Å². The van der Waals surface area contributed by atoms with Crippen molar-refractivity contribution in [2.75, 3.05) is 33.3 Å². The minimum atomic E-state index is -0.406. The minimum absolute atomic E-state index is 0.0190. The molecule has 3 amide bonds. The van der Waals surface area contributed by atoms with Crippen LogP contribution in [0.4, 0.5) is 0 Å². The van der Waals surface area contributed by atoms with Crippen LogP contribution in [-0.4, -0.2) is 66.9 Å². The molecule has 0 saturated carbocycles. The van der Waals surface area contributed by atoms with E-state index in [4.69, 9.17) is 4.74 Å². The smallest absolute Gasteiger partial charge is 0.254 e. The molecule has 2 saturated heterocycles. The Bertz CT molecular complexity index is 739. The molecule has 1 unspecified atom stereocenters. The number of carbonyl (C=O) groups excluding carboxylic acids is 3. The number of ether oxygens (including phenoxy) is 1. The summed E-state index contributed by atoms with van der Waals surface area (Å²) in [7, 11) is 1.62. The first-order valence-corrected chi connectivity index (χ1v) is 8.93. The lowest BCUT2D eigenvalue weighted by Gasteiger charge is -2.36. The summed E-state index contributed by atoms with van der Waals surface area (Å²) in [5, 5.41) is 2.71. The molecule has 0 radical (unpaired) electrons. The van der Waals surface area contributed by atoms with Crippen molar-refractivity contribution in [2.24, 2.45) is 0 Å². The van der Waals surface area contributed by atoms with Gasteiger partial charge in [-0.05, 0) is 43.5 Å². The van der Waals surface area contributed by atoms with E-state index < -0.39 is 6.04 Å². The quantitative estimate of drug-likeness (QED) is 0.869. The molecule has 2 fully saturated rings. The molecule has 140 valence electrons. The van der Waals surface area contributed by atoms with Crippen molar-refractivity contribution in [1.82, 2.24) is 15.1 Å². The second-order valence-electron chi connectivity index (χ2n) is 6.91. The summed E-state index contributed by atoms with van der Waals surface area (Å²) in [6.45, 7) is 5.79. The fraction of sp³-hybridized carbons (Fsp3) is 0.526. The van der Waals surface area contributed by atoms with Crippen LogP contribution in [0, 0.1) is 13.8 Å². The average Bonchev–Trinajstić information content (AvgIpc) is 3.08. The Morgan fingerprint density at radius 1 is 1.08 bits per heavy atom. The monoisotopic (exact) mass is 359 g/mol. The van der Waals surface area contributed by atoms with Gasteiger partial charge in [0, 0.05) is 38.2 Å². The second kappa shape index (κ2) is 7.35. The van der Waals surface area contributed by atoms with Gasteiger partial charge in [0.05, 0.1) is 7.11 Å². The van der Waals surface area contributed by atoms with Crippen LogP contribution in [0.2, 0.25) is 0 Å². The average molecular weight is 359 g/mol. The van der Waals surface area contributed by atoms with E-state index in [2.05, 4.69) is 5.32 Å². The fourth-order valence-corrected chi connectivity index (χ4v) is 3.56. The van der Waals surface area contributed by atoms with Gasteiger partial charge in [-0.15, -0.1) is 0 Å². The van der Waals surface area contributed by atoms with Crippen LogP contribution in [0.5, 0.6) is 5.75 Å². The normalized spacial score (nSPS) is 20.1. The van der Waals surface area contributed by atoms with E-state index in [0.717, 1.165) is 16.9 Å². The third-order valence-corrected chi connectivity index (χ3v) is 5.14. The summed E-state index contributed by atoms with van der Waals surface area (Å²) in [6, 6.07) is 3.34. The van der Waals surface area contributed by atoms with Crippen LogP contribution in [-0.2, 0) is 9.59 Å². The van der Waals surface area contributed by atoms with Crippen molar-refractivity contribution in [3.05, 3.63) is 28.8 Å². The predicted molar refractivity (Wildman–Crippen MR) is 96.1 cm³/mol. The number of hydrogen-bond acceptors (Lipinski definition) is 4. The van der Waals surface area contributed by atoms with Crippen LogP contribution >= 0.6 is 0 Å². The van der Waals surface area contributed by atoms with Crippen molar-refractivity contribution >= 4 is 17.7 Å². The summed E-state index contributed by atoms with van der Waals surface area (Å²) < 4.78 is 5.30. The molecule has 0 aliphatic carbocycles. The van der Waals surface area contributed by atoms with Gasteiger partial charge in [0.1, 0.15) is 11.8 Å². The number of benzene rings is 1. The lowest BCUT2D eigenvalue weighted by molar-refractivity contribution is -0.135. The molecule has 0 aromatic heterocycles. The van der Waals surface area contributed by atoms with Gasteiger partial charge in [-0.3, -0.25) is 14.4 Å². The lowest BCUT2D eigenvalue weighted by atomic mass is 10.0. The zero-order valence-corrected chi connectivity index (χ0v) is 15.5. The lowest BCUT2D eigenvalue weighted by Crippen LogP contribution is -2.54. The molecule has 0 bridgehead atoms. The van der Waals surface area contributed by atoms with Crippen molar-refractivity contribution in [3.8, 4) is 5.75 Å². The van der Waals surface area contributed by atoms with E-state index in [1.807, 2.05) is 26.0 Å². The highest BCUT2D eigenvalue weighted by atomic mass is 16.5. The van der Waals surface area contributed by atoms with E-state index in [-0.39, 0.29) is 17.7 Å². The SMILES string of the molecule is COc1cc(C)c(C(=O)N2CCN(C(=O)C3CCC(=O)N3)CC2)cc1C. The Morgan fingerprint density at radius 2 is 1.73 bits per heavy atom. The number of carbonyl (C=O) groups is 3. The predicted octanol–water partition coefficient (Wildman–Crippen LogP) is 0.875. The Labute approximate surface area is 153 Å². The molecule has 1 N–H and O–H groups in total. The number of nitrogens with zero attached hydrogens (tertiary/aromatic N) is 2. The molecule has 1 aromatic rings. The molecular weight excluding hydrogens is 334 g/mol. The third kappa shape index (κ3) is 3.52. The highest BCUT2D eigenvalue weighted by Gasteiger charge is 2.33. The van der Waals surface area contributed by atoms with E-state index in [0.29, 0.717) is 44.6 Å². The third-order valence-electron chi connectivity index (χ3n) is 5.14. The molecule has 0 spiro atoms. The van der Waals surface area contributed by atoms with Gasteiger partial charge in [-0.25, -0.2) is 0 Å². The second-order valence-corrected chi connectivity index (χ2v) is 6.91. The molecule has 1 atom stereocenters. The van der Waals surface area contributed by atoms with E-state index >= 15 is 0 Å². The summed E-state index contributed by atoms with van der Waals surface area (Å²) in [6.07, 6.45) is 0.964. The Morgan fingerprint density at radius 3 is 2.31 bits per heavy atom. The number of aryl methyl sites for hydroxylation is 2. The first-order chi connectivity index (χ1) is 12.4. The van der Waals surface area contributed by atoms with Crippen molar-refractivity contribution in [3.63, 3.8) is 0 Å². The van der Waals surface area contributed by atoms with Gasteiger partial charge < -0.3 is 19.9 Å². The van der Waals surface area contributed by atoms with Crippen molar-refractivity contribution < 1.29 is 19.1 Å². The van der Waals surface area contributed by atoms with Gasteiger partial charge in [-0.1, -0.05) is 0 Å². The zero-order valence-electron chi connectivity index (χ0n) is 15.5. The van der Waals surface area contributed by atoms with Crippen molar-refractivity contribution in [1.29, 1.82) is 0 Å². The Kier molecular flexibility index (Phi) is 5.15. The number of methoxy groups -OCH3 is 1. The maximum absolute atomic E-state index is 12.9. The molecule has 7 heteroatoms. The zero-order chi connectivity index (χ0) is 18.8. The van der Waals surface area contributed by atoms with Gasteiger partial charge >= 0.3 is 0 Å². The number of piperazine rings is 1. The largest absolute Gasteiger partial charge is 0.496 e. The fourth-order valence-electron chi connectivity index (χ4n) is 3.56. The van der Waals surface area contributed by atoms with E-state index in [1.54, 1.807) is 16.9 Å². The van der Waals surface area contributed by atoms with Gasteiger partial charge in [-0.2, -0.15) is 0 Å². The molecule has 7 nitrogen and oxygen atoms in total. The maximum atomic E-state index is 12.9. The highest BCUT2D eigenvalue weighted by molar-refractivity contribution is 5.96. The number of rotatable bonds is 3. The summed E-state index contributed by atoms with van der Waals surface area (Å²) >= 11 is 0. The van der Waals surface area contributed by atoms with E-state index in [1.165, 1.54) is 0 Å². The first kappa shape index (κ1) is 18.2. The van der Waals surface area contributed by atoms with Crippen molar-refractivity contribution in [2.45, 2.75) is 32.7 Å². The van der Waals surface area contributed by atoms with Crippen LogP contribution in [0.1, 0.15) is 34.3 Å². The molecule has 3 rings (SSSR count). The van der Waals surface area contributed by atoms with Gasteiger partial charge in [0.25, 0.3) is 5.91 Å². The Balaban J connectivity index is 1.63. The van der Waals surface area contributed by atoms with Crippen LogP contribution < -0.4 is 10.1 Å². The van der Waals surface area contributed by atoms with Crippen LogP contribution in [0.3, 0.4) is 0 Å². The number of nitrogens with one attached hydrogen (secondary N) is 1. The Hall–Kier alpha value is -2.57. The molecule has 26 heavy (non-hydrogen) atoms. The van der Waals surface area contributed by atoms with Gasteiger partial charge in [0.15, 0.2) is 0 Å². The topological polar surface area (TPSA) is 79.0 Å². The molecular formula is C19H25N3O4. The molecule has 2 aliphatic heterocycles. The summed E-state index contributed by atoms with van der Waals surface area (Å²) in [4.78, 5) is 40.2. The highest BCUT2D eigenvalue weighted by Crippen LogP contribution is 2.24. The standard InChI is InChI=1S/C19H25N3O4/c1-12-11-16(26-3)13(2)10-14(12)18(24)21-6-8-22(9-7-21)19(25)15-4-5-17(23)20-15/h10-11,15H,4-9H2,1-3H3,(H,20,23). The summed E-state index contributed by atoms with van der Waals surface area (Å²) in [5.74, 6) is 0.643. The van der Waals surface area contributed by atoms with E-state index in [9.17, 15) is 14.4 Å². The maximum Gasteiger partial charge on any atom is 0.254 e. The van der Waals surface area contributed by atoms with Crippen LogP contribution in [0.15, 0.2) is 12.1 Å². The first-order valence-electron chi connectivity index (χ1n) is 8.93. The van der Waals surface area contributed by atoms with Gasteiger partial charge in [0.2, 0.25) is 11.8 Å². The minimum Gasteiger partial charge on any atom is -0.496 e. The molecule has 2 aliphatic rings. The molecule has 2 heterocycles. The number of hydrogen-bond donors (Lipinski definition) is 1. The summed E-state index contributed by atoms with van der Waals surface area (Å²) in [5.41, 5.74) is 2.47.